The van der Waals surface area contributed by atoms with E-state index in [1.165, 1.54) is 28.2 Å². The number of rotatable bonds is 5. The van der Waals surface area contributed by atoms with Crippen molar-refractivity contribution >= 4 is 29.0 Å². The Balaban J connectivity index is 1.30. The smallest absolute Gasteiger partial charge is 0.293 e. The number of piperidine rings is 1. The molecule has 0 aliphatic carbocycles. The van der Waals surface area contributed by atoms with Crippen LogP contribution in [-0.4, -0.2) is 49.6 Å². The van der Waals surface area contributed by atoms with Crippen LogP contribution in [0.15, 0.2) is 60.1 Å². The number of aromatic nitrogens is 4. The molecule has 1 N–H and O–H groups in total. The molecule has 3 aromatic heterocycles. The predicted molar refractivity (Wildman–Crippen MR) is 131 cm³/mol. The summed E-state index contributed by atoms with van der Waals surface area (Å²) < 4.78 is 15.4. The number of halogens is 1. The average molecular weight is 491 g/mol. The third-order valence-electron chi connectivity index (χ3n) is 5.91. The Morgan fingerprint density at radius 2 is 1.94 bits per heavy atom. The number of carbonyl (C=O) groups is 2. The van der Waals surface area contributed by atoms with Gasteiger partial charge in [-0.1, -0.05) is 12.1 Å². The van der Waals surface area contributed by atoms with Crippen LogP contribution in [0, 0.1) is 18.7 Å². The van der Waals surface area contributed by atoms with Gasteiger partial charge in [-0.05, 0) is 67.1 Å². The summed E-state index contributed by atoms with van der Waals surface area (Å²) in [7, 11) is 0. The summed E-state index contributed by atoms with van der Waals surface area (Å²) in [6.07, 6.45) is 2.73. The standard InChI is InChI=1S/C25H23FN6O2S/c1-16-7-10-27-21(14-16)28-24(33)17-8-11-31(12-9-17)25(34)22-29-23(20-6-3-13-35-20)32(30-22)19-5-2-4-18(26)15-19/h2-7,10,13-15,17H,8-9,11-12H2,1H3,(H,27,28,33). The van der Waals surface area contributed by atoms with Crippen molar-refractivity contribution in [2.24, 2.45) is 5.92 Å². The molecular formula is C25H23FN6O2S. The van der Waals surface area contributed by atoms with Crippen molar-refractivity contribution in [3.63, 3.8) is 0 Å². The molecule has 178 valence electrons. The number of carbonyl (C=O) groups excluding carboxylic acids is 2. The van der Waals surface area contributed by atoms with E-state index in [9.17, 15) is 14.0 Å². The number of likely N-dealkylation sites (tertiary alicyclic amines) is 1. The average Bonchev–Trinajstić information content (AvgIpc) is 3.54. The molecule has 1 aliphatic rings. The maximum Gasteiger partial charge on any atom is 0.293 e. The highest BCUT2D eigenvalue weighted by atomic mass is 32.1. The van der Waals surface area contributed by atoms with E-state index in [1.54, 1.807) is 23.2 Å². The molecule has 4 aromatic rings. The maximum atomic E-state index is 13.9. The third-order valence-corrected chi connectivity index (χ3v) is 6.78. The number of anilines is 1. The van der Waals surface area contributed by atoms with Gasteiger partial charge < -0.3 is 10.2 Å². The molecule has 1 aromatic carbocycles. The first-order valence-electron chi connectivity index (χ1n) is 11.3. The monoisotopic (exact) mass is 490 g/mol. The number of aryl methyl sites for hydroxylation is 1. The molecule has 0 atom stereocenters. The van der Waals surface area contributed by atoms with Gasteiger partial charge in [0.25, 0.3) is 5.91 Å². The minimum absolute atomic E-state index is 0.0459. The second-order valence-electron chi connectivity index (χ2n) is 8.40. The van der Waals surface area contributed by atoms with E-state index < -0.39 is 5.82 Å². The van der Waals surface area contributed by atoms with Gasteiger partial charge in [-0.15, -0.1) is 16.4 Å². The Labute approximate surface area is 205 Å². The van der Waals surface area contributed by atoms with Gasteiger partial charge in [-0.25, -0.2) is 19.0 Å². The zero-order valence-corrected chi connectivity index (χ0v) is 19.8. The van der Waals surface area contributed by atoms with Crippen LogP contribution in [0.4, 0.5) is 10.2 Å². The SMILES string of the molecule is Cc1ccnc(NC(=O)C2CCN(C(=O)c3nc(-c4cccs4)n(-c4cccc(F)c4)n3)CC2)c1. The molecule has 35 heavy (non-hydrogen) atoms. The summed E-state index contributed by atoms with van der Waals surface area (Å²) in [5.41, 5.74) is 1.50. The van der Waals surface area contributed by atoms with Gasteiger partial charge >= 0.3 is 0 Å². The summed E-state index contributed by atoms with van der Waals surface area (Å²) >= 11 is 1.46. The molecule has 0 unspecified atom stereocenters. The Hall–Kier alpha value is -3.92. The first-order chi connectivity index (χ1) is 17.0. The molecule has 2 amide bonds. The lowest BCUT2D eigenvalue weighted by atomic mass is 9.96. The van der Waals surface area contributed by atoms with Crippen molar-refractivity contribution in [2.45, 2.75) is 19.8 Å². The lowest BCUT2D eigenvalue weighted by Crippen LogP contribution is -2.42. The van der Waals surface area contributed by atoms with Crippen molar-refractivity contribution in [1.82, 2.24) is 24.6 Å². The predicted octanol–water partition coefficient (Wildman–Crippen LogP) is 4.33. The number of amides is 2. The molecule has 4 heterocycles. The lowest BCUT2D eigenvalue weighted by Gasteiger charge is -2.30. The zero-order valence-electron chi connectivity index (χ0n) is 19.0. The van der Waals surface area contributed by atoms with Crippen molar-refractivity contribution < 1.29 is 14.0 Å². The fourth-order valence-corrected chi connectivity index (χ4v) is 4.77. The molecule has 1 fully saturated rings. The molecule has 8 nitrogen and oxygen atoms in total. The van der Waals surface area contributed by atoms with Crippen molar-refractivity contribution in [3.05, 3.63) is 77.3 Å². The summed E-state index contributed by atoms with van der Waals surface area (Å²) in [5, 5.41) is 9.21. The van der Waals surface area contributed by atoms with Gasteiger partial charge in [-0.2, -0.15) is 0 Å². The molecule has 0 saturated carbocycles. The van der Waals surface area contributed by atoms with Gasteiger partial charge in [0.05, 0.1) is 10.6 Å². The number of nitrogens with zero attached hydrogens (tertiary/aromatic N) is 5. The van der Waals surface area contributed by atoms with E-state index >= 15 is 0 Å². The molecular weight excluding hydrogens is 467 g/mol. The molecule has 0 bridgehead atoms. The Kier molecular flexibility index (Phi) is 6.37. The van der Waals surface area contributed by atoms with Gasteiger partial charge in [0, 0.05) is 25.2 Å². The maximum absolute atomic E-state index is 13.9. The summed E-state index contributed by atoms with van der Waals surface area (Å²) in [6, 6.07) is 13.5. The van der Waals surface area contributed by atoms with E-state index in [4.69, 9.17) is 0 Å². The third kappa shape index (κ3) is 4.97. The van der Waals surface area contributed by atoms with E-state index in [0.717, 1.165) is 10.4 Å². The second-order valence-corrected chi connectivity index (χ2v) is 9.35. The molecule has 5 rings (SSSR count). The van der Waals surface area contributed by atoms with Crippen molar-refractivity contribution in [2.75, 3.05) is 18.4 Å². The van der Waals surface area contributed by atoms with Gasteiger partial charge in [0.1, 0.15) is 11.6 Å². The second kappa shape index (κ2) is 9.75. The van der Waals surface area contributed by atoms with Crippen molar-refractivity contribution in [3.8, 4) is 16.4 Å². The van der Waals surface area contributed by atoms with Crippen LogP contribution < -0.4 is 5.32 Å². The number of thiophene rings is 1. The number of hydrogen-bond acceptors (Lipinski definition) is 6. The normalized spacial score (nSPS) is 14.2. The van der Waals surface area contributed by atoms with Gasteiger partial charge in [-0.3, -0.25) is 9.59 Å². The molecule has 1 saturated heterocycles. The Bertz CT molecular complexity index is 1360. The molecule has 1 aliphatic heterocycles. The minimum Gasteiger partial charge on any atom is -0.336 e. The zero-order chi connectivity index (χ0) is 24.4. The van der Waals surface area contributed by atoms with Gasteiger partial charge in [0.2, 0.25) is 11.7 Å². The number of pyridine rings is 1. The van der Waals surface area contributed by atoms with E-state index in [1.807, 2.05) is 36.6 Å². The van der Waals surface area contributed by atoms with Gasteiger partial charge in [0.15, 0.2) is 5.82 Å². The Morgan fingerprint density at radius 1 is 1.11 bits per heavy atom. The Morgan fingerprint density at radius 3 is 2.66 bits per heavy atom. The minimum atomic E-state index is -0.399. The molecule has 0 spiro atoms. The van der Waals surface area contributed by atoms with Crippen LogP contribution in [0.2, 0.25) is 0 Å². The number of benzene rings is 1. The number of nitrogens with one attached hydrogen (secondary N) is 1. The fraction of sp³-hybridized carbons (Fsp3) is 0.240. The molecule has 10 heteroatoms. The van der Waals surface area contributed by atoms with Crippen LogP contribution >= 0.6 is 11.3 Å². The van der Waals surface area contributed by atoms with Crippen LogP contribution in [0.1, 0.15) is 29.0 Å². The van der Waals surface area contributed by atoms with Crippen LogP contribution in [0.3, 0.4) is 0 Å². The highest BCUT2D eigenvalue weighted by Crippen LogP contribution is 2.27. The summed E-state index contributed by atoms with van der Waals surface area (Å²) in [5.74, 6) is 0.0472. The topological polar surface area (TPSA) is 93.0 Å². The van der Waals surface area contributed by atoms with E-state index in [0.29, 0.717) is 43.3 Å². The number of hydrogen-bond donors (Lipinski definition) is 1. The highest BCUT2D eigenvalue weighted by Gasteiger charge is 2.30. The first-order valence-corrected chi connectivity index (χ1v) is 12.2. The van der Waals surface area contributed by atoms with Crippen LogP contribution in [0.5, 0.6) is 0 Å². The molecule has 0 radical (unpaired) electrons. The first kappa shape index (κ1) is 22.9. The summed E-state index contributed by atoms with van der Waals surface area (Å²) in [6.45, 7) is 2.77. The lowest BCUT2D eigenvalue weighted by molar-refractivity contribution is -0.121. The van der Waals surface area contributed by atoms with Crippen LogP contribution in [-0.2, 0) is 4.79 Å². The van der Waals surface area contributed by atoms with Crippen molar-refractivity contribution in [1.29, 1.82) is 0 Å². The quantitative estimate of drug-likeness (QED) is 0.450. The van der Waals surface area contributed by atoms with E-state index in [-0.39, 0.29) is 23.6 Å². The van der Waals surface area contributed by atoms with E-state index in [2.05, 4.69) is 20.4 Å². The fourth-order valence-electron chi connectivity index (χ4n) is 4.07. The largest absolute Gasteiger partial charge is 0.336 e. The van der Waals surface area contributed by atoms with Crippen LogP contribution in [0.25, 0.3) is 16.4 Å². The summed E-state index contributed by atoms with van der Waals surface area (Å²) in [4.78, 5) is 37.1. The highest BCUT2D eigenvalue weighted by molar-refractivity contribution is 7.13.